The minimum Gasteiger partial charge on any atom is -0.370 e. The number of amides is 1. The minimum absolute atomic E-state index is 0.0542. The second-order valence-electron chi connectivity index (χ2n) is 6.42. The highest BCUT2D eigenvalue weighted by Crippen LogP contribution is 2.28. The summed E-state index contributed by atoms with van der Waals surface area (Å²) in [5, 5.41) is 6.37. The summed E-state index contributed by atoms with van der Waals surface area (Å²) >= 11 is 0. The fourth-order valence-electron chi connectivity index (χ4n) is 3.24. The third-order valence-electron chi connectivity index (χ3n) is 4.05. The number of hydrogen-bond acceptors (Lipinski definition) is 3. The van der Waals surface area contributed by atoms with Gasteiger partial charge in [-0.2, -0.15) is 0 Å². The van der Waals surface area contributed by atoms with E-state index in [4.69, 9.17) is 0 Å². The van der Waals surface area contributed by atoms with Crippen molar-refractivity contribution in [1.82, 2.24) is 10.3 Å². The van der Waals surface area contributed by atoms with Gasteiger partial charge in [0.25, 0.3) is 5.91 Å². The zero-order valence-corrected chi connectivity index (χ0v) is 13.4. The largest absolute Gasteiger partial charge is 0.370 e. The molecule has 1 saturated carbocycles. The lowest BCUT2D eigenvalue weighted by Crippen LogP contribution is -2.40. The van der Waals surface area contributed by atoms with Crippen LogP contribution >= 0.6 is 0 Å². The molecule has 1 aliphatic rings. The van der Waals surface area contributed by atoms with Crippen LogP contribution in [0.5, 0.6) is 0 Å². The van der Waals surface area contributed by atoms with E-state index in [1.165, 1.54) is 6.42 Å². The highest BCUT2D eigenvalue weighted by molar-refractivity contribution is 5.92. The molecule has 1 aromatic rings. The highest BCUT2D eigenvalue weighted by atomic mass is 16.1. The maximum absolute atomic E-state index is 12.4. The average molecular weight is 289 g/mol. The molecule has 1 amide bonds. The smallest absolute Gasteiger partial charge is 0.270 e. The predicted octanol–water partition coefficient (Wildman–Crippen LogP) is 3.46. The topological polar surface area (TPSA) is 54.0 Å². The van der Waals surface area contributed by atoms with Gasteiger partial charge in [0.2, 0.25) is 0 Å². The van der Waals surface area contributed by atoms with Gasteiger partial charge in [-0.05, 0) is 49.7 Å². The highest BCUT2D eigenvalue weighted by Gasteiger charge is 2.25. The van der Waals surface area contributed by atoms with Gasteiger partial charge in [-0.15, -0.1) is 0 Å². The van der Waals surface area contributed by atoms with Crippen molar-refractivity contribution in [3.63, 3.8) is 0 Å². The summed E-state index contributed by atoms with van der Waals surface area (Å²) in [6, 6.07) is 5.84. The Balaban J connectivity index is 1.96. The molecule has 2 rings (SSSR count). The third-order valence-corrected chi connectivity index (χ3v) is 4.05. The standard InChI is InChI=1S/C17H27N3O/c1-4-8-18-16-7-5-6-15(20-16)17(21)19-14-10-12(2)9-13(3)11-14/h5-7,12-14H,4,8-11H2,1-3H3,(H,18,20)(H,19,21). The van der Waals surface area contributed by atoms with E-state index < -0.39 is 0 Å². The number of anilines is 1. The Bertz CT molecular complexity index is 465. The molecule has 0 bridgehead atoms. The fourth-order valence-corrected chi connectivity index (χ4v) is 3.24. The SMILES string of the molecule is CCCNc1cccc(C(=O)NC2CC(C)CC(C)C2)n1. The van der Waals surface area contributed by atoms with Crippen LogP contribution in [0.4, 0.5) is 5.82 Å². The van der Waals surface area contributed by atoms with E-state index in [9.17, 15) is 4.79 Å². The summed E-state index contributed by atoms with van der Waals surface area (Å²) < 4.78 is 0. The normalized spacial score (nSPS) is 25.4. The van der Waals surface area contributed by atoms with Crippen molar-refractivity contribution in [2.75, 3.05) is 11.9 Å². The third kappa shape index (κ3) is 4.73. The van der Waals surface area contributed by atoms with Crippen molar-refractivity contribution in [2.45, 2.75) is 52.5 Å². The second-order valence-corrected chi connectivity index (χ2v) is 6.42. The minimum atomic E-state index is -0.0542. The van der Waals surface area contributed by atoms with Crippen molar-refractivity contribution < 1.29 is 4.79 Å². The van der Waals surface area contributed by atoms with Crippen LogP contribution in [-0.4, -0.2) is 23.5 Å². The summed E-state index contributed by atoms with van der Waals surface area (Å²) in [4.78, 5) is 16.7. The summed E-state index contributed by atoms with van der Waals surface area (Å²) in [5.74, 6) is 2.09. The number of nitrogens with zero attached hydrogens (tertiary/aromatic N) is 1. The first-order valence-corrected chi connectivity index (χ1v) is 8.10. The maximum atomic E-state index is 12.4. The van der Waals surface area contributed by atoms with Crippen LogP contribution in [0.15, 0.2) is 18.2 Å². The zero-order valence-electron chi connectivity index (χ0n) is 13.4. The van der Waals surface area contributed by atoms with E-state index in [1.54, 1.807) is 6.07 Å². The molecule has 2 atom stereocenters. The molecule has 0 saturated heterocycles. The van der Waals surface area contributed by atoms with E-state index >= 15 is 0 Å². The van der Waals surface area contributed by atoms with Crippen LogP contribution < -0.4 is 10.6 Å². The van der Waals surface area contributed by atoms with E-state index in [-0.39, 0.29) is 11.9 Å². The molecule has 0 aromatic carbocycles. The Kier molecular flexibility index (Phi) is 5.59. The number of nitrogens with one attached hydrogen (secondary N) is 2. The monoisotopic (exact) mass is 289 g/mol. The second kappa shape index (κ2) is 7.43. The maximum Gasteiger partial charge on any atom is 0.270 e. The number of pyridine rings is 1. The van der Waals surface area contributed by atoms with Crippen LogP contribution in [0.3, 0.4) is 0 Å². The van der Waals surface area contributed by atoms with E-state index in [0.29, 0.717) is 17.5 Å². The van der Waals surface area contributed by atoms with Gasteiger partial charge < -0.3 is 10.6 Å². The molecule has 1 aliphatic carbocycles. The lowest BCUT2D eigenvalue weighted by molar-refractivity contribution is 0.0906. The number of rotatable bonds is 5. The van der Waals surface area contributed by atoms with Gasteiger partial charge >= 0.3 is 0 Å². The van der Waals surface area contributed by atoms with Gasteiger partial charge in [0.05, 0.1) is 0 Å². The Hall–Kier alpha value is -1.58. The van der Waals surface area contributed by atoms with Crippen LogP contribution in [0, 0.1) is 11.8 Å². The van der Waals surface area contributed by atoms with Gasteiger partial charge in [0.15, 0.2) is 0 Å². The van der Waals surface area contributed by atoms with Gasteiger partial charge in [0.1, 0.15) is 11.5 Å². The van der Waals surface area contributed by atoms with Crippen molar-refractivity contribution in [3.8, 4) is 0 Å². The lowest BCUT2D eigenvalue weighted by Gasteiger charge is -2.31. The summed E-state index contributed by atoms with van der Waals surface area (Å²) in [6.07, 6.45) is 4.45. The molecule has 1 heterocycles. The molecule has 1 fully saturated rings. The van der Waals surface area contributed by atoms with Gasteiger partial charge in [0, 0.05) is 12.6 Å². The molecule has 116 valence electrons. The fraction of sp³-hybridized carbons (Fsp3) is 0.647. The molecule has 4 heteroatoms. The quantitative estimate of drug-likeness (QED) is 0.873. The first kappa shape index (κ1) is 15.8. The van der Waals surface area contributed by atoms with Gasteiger partial charge in [-0.1, -0.05) is 26.8 Å². The lowest BCUT2D eigenvalue weighted by atomic mass is 9.80. The van der Waals surface area contributed by atoms with E-state index in [1.807, 2.05) is 12.1 Å². The van der Waals surface area contributed by atoms with Crippen LogP contribution in [0.25, 0.3) is 0 Å². The summed E-state index contributed by atoms with van der Waals surface area (Å²) in [6.45, 7) is 7.51. The predicted molar refractivity (Wildman–Crippen MR) is 86.5 cm³/mol. The molecule has 21 heavy (non-hydrogen) atoms. The number of carbonyl (C=O) groups is 1. The van der Waals surface area contributed by atoms with Crippen molar-refractivity contribution in [1.29, 1.82) is 0 Å². The molecular weight excluding hydrogens is 262 g/mol. The average Bonchev–Trinajstić information content (AvgIpc) is 2.44. The van der Waals surface area contributed by atoms with Crippen LogP contribution in [-0.2, 0) is 0 Å². The van der Waals surface area contributed by atoms with Crippen LogP contribution in [0.2, 0.25) is 0 Å². The van der Waals surface area contributed by atoms with Gasteiger partial charge in [-0.3, -0.25) is 4.79 Å². The number of carbonyl (C=O) groups excluding carboxylic acids is 1. The Morgan fingerprint density at radius 1 is 1.24 bits per heavy atom. The molecule has 2 unspecified atom stereocenters. The van der Waals surface area contributed by atoms with Crippen LogP contribution in [0.1, 0.15) is 56.9 Å². The molecule has 1 aromatic heterocycles. The molecule has 0 aliphatic heterocycles. The van der Waals surface area contributed by atoms with Crippen molar-refractivity contribution in [3.05, 3.63) is 23.9 Å². The molecule has 0 radical (unpaired) electrons. The Morgan fingerprint density at radius 3 is 2.62 bits per heavy atom. The number of aromatic nitrogens is 1. The molecular formula is C17H27N3O. The van der Waals surface area contributed by atoms with E-state index in [0.717, 1.165) is 31.6 Å². The molecule has 4 nitrogen and oxygen atoms in total. The Morgan fingerprint density at radius 2 is 1.95 bits per heavy atom. The first-order chi connectivity index (χ1) is 10.1. The van der Waals surface area contributed by atoms with Crippen molar-refractivity contribution in [2.24, 2.45) is 11.8 Å². The Labute approximate surface area is 127 Å². The molecule has 0 spiro atoms. The summed E-state index contributed by atoms with van der Waals surface area (Å²) in [5.41, 5.74) is 0.502. The number of hydrogen-bond donors (Lipinski definition) is 2. The zero-order chi connectivity index (χ0) is 15.2. The first-order valence-electron chi connectivity index (χ1n) is 8.10. The van der Waals surface area contributed by atoms with E-state index in [2.05, 4.69) is 36.4 Å². The van der Waals surface area contributed by atoms with Crippen molar-refractivity contribution >= 4 is 11.7 Å². The van der Waals surface area contributed by atoms with Gasteiger partial charge in [-0.25, -0.2) is 4.98 Å². The molecule has 2 N–H and O–H groups in total. The summed E-state index contributed by atoms with van der Waals surface area (Å²) in [7, 11) is 0.